The molecule has 0 radical (unpaired) electrons. The Balaban J connectivity index is 1.75. The third kappa shape index (κ3) is 4.50. The summed E-state index contributed by atoms with van der Waals surface area (Å²) < 4.78 is 1.38. The highest BCUT2D eigenvalue weighted by Crippen LogP contribution is 2.17. The molecule has 0 spiro atoms. The fourth-order valence-electron chi connectivity index (χ4n) is 2.87. The summed E-state index contributed by atoms with van der Waals surface area (Å²) in [4.78, 5) is 29.3. The van der Waals surface area contributed by atoms with Gasteiger partial charge < -0.3 is 5.32 Å². The Bertz CT molecular complexity index is 990. The fourth-order valence-corrected chi connectivity index (χ4v) is 2.87. The molecule has 1 aromatic heterocycles. The number of aromatic nitrogens is 2. The Morgan fingerprint density at radius 1 is 1.07 bits per heavy atom. The van der Waals surface area contributed by atoms with E-state index < -0.39 is 0 Å². The third-order valence-electron chi connectivity index (χ3n) is 4.43. The summed E-state index contributed by atoms with van der Waals surface area (Å²) in [5, 5.41) is 2.83. The molecular weight excluding hydrogens is 338 g/mol. The zero-order valence-electron chi connectivity index (χ0n) is 15.8. The largest absolute Gasteiger partial charge is 0.325 e. The molecule has 5 nitrogen and oxygen atoms in total. The summed E-state index contributed by atoms with van der Waals surface area (Å²) in [7, 11) is 0. The molecule has 1 N–H and O–H groups in total. The predicted molar refractivity (Wildman–Crippen MR) is 108 cm³/mol. The van der Waals surface area contributed by atoms with E-state index in [1.54, 1.807) is 6.92 Å². The molecule has 0 aliphatic heterocycles. The number of rotatable bonds is 5. The Morgan fingerprint density at radius 3 is 2.33 bits per heavy atom. The predicted octanol–water partition coefficient (Wildman–Crippen LogP) is 3.98. The Labute approximate surface area is 158 Å². The van der Waals surface area contributed by atoms with Crippen molar-refractivity contribution >= 4 is 11.6 Å². The number of aryl methyl sites for hydroxylation is 1. The minimum atomic E-state index is -0.258. The van der Waals surface area contributed by atoms with E-state index in [2.05, 4.69) is 24.1 Å². The highest BCUT2D eigenvalue weighted by molar-refractivity contribution is 5.90. The summed E-state index contributed by atoms with van der Waals surface area (Å²) in [6.07, 6.45) is 0. The van der Waals surface area contributed by atoms with Crippen molar-refractivity contribution in [1.29, 1.82) is 0 Å². The third-order valence-corrected chi connectivity index (χ3v) is 4.43. The van der Waals surface area contributed by atoms with Gasteiger partial charge in [0.2, 0.25) is 5.91 Å². The second-order valence-corrected chi connectivity index (χ2v) is 6.80. The molecule has 3 aromatic rings. The van der Waals surface area contributed by atoms with E-state index in [0.29, 0.717) is 23.1 Å². The van der Waals surface area contributed by atoms with E-state index in [4.69, 9.17) is 0 Å². The molecule has 1 heterocycles. The average Bonchev–Trinajstić information content (AvgIpc) is 2.65. The van der Waals surface area contributed by atoms with Crippen LogP contribution in [0.3, 0.4) is 0 Å². The number of carbonyl (C=O) groups excluding carboxylic acids is 1. The number of amides is 1. The molecule has 0 fully saturated rings. The van der Waals surface area contributed by atoms with E-state index in [0.717, 1.165) is 5.56 Å². The summed E-state index contributed by atoms with van der Waals surface area (Å²) in [5.74, 6) is 0.684. The van der Waals surface area contributed by atoms with E-state index in [1.165, 1.54) is 16.2 Å². The lowest BCUT2D eigenvalue weighted by molar-refractivity contribution is -0.116. The van der Waals surface area contributed by atoms with Crippen molar-refractivity contribution in [2.75, 3.05) is 5.32 Å². The lowest BCUT2D eigenvalue weighted by Crippen LogP contribution is -2.29. The lowest BCUT2D eigenvalue weighted by atomic mass is 10.0. The van der Waals surface area contributed by atoms with Crippen LogP contribution in [-0.2, 0) is 11.3 Å². The molecule has 27 heavy (non-hydrogen) atoms. The second-order valence-electron chi connectivity index (χ2n) is 6.80. The number of hydrogen-bond donors (Lipinski definition) is 1. The molecule has 2 aromatic carbocycles. The highest BCUT2D eigenvalue weighted by Gasteiger charge is 2.11. The van der Waals surface area contributed by atoms with Crippen LogP contribution >= 0.6 is 0 Å². The van der Waals surface area contributed by atoms with Gasteiger partial charge in [-0.25, -0.2) is 4.98 Å². The van der Waals surface area contributed by atoms with Crippen LogP contribution in [-0.4, -0.2) is 15.5 Å². The summed E-state index contributed by atoms with van der Waals surface area (Å²) >= 11 is 0. The molecular formula is C22H23N3O2. The van der Waals surface area contributed by atoms with Crippen LogP contribution in [0.1, 0.15) is 31.2 Å². The summed E-state index contributed by atoms with van der Waals surface area (Å²) in [6, 6.07) is 18.7. The maximum absolute atomic E-state index is 12.5. The van der Waals surface area contributed by atoms with E-state index in [9.17, 15) is 9.59 Å². The minimum absolute atomic E-state index is 0.0708. The van der Waals surface area contributed by atoms with Crippen molar-refractivity contribution < 1.29 is 4.79 Å². The van der Waals surface area contributed by atoms with Gasteiger partial charge in [0.05, 0.1) is 5.69 Å². The number of carbonyl (C=O) groups is 1. The fraction of sp³-hybridized carbons (Fsp3) is 0.227. The van der Waals surface area contributed by atoms with Crippen molar-refractivity contribution in [2.24, 2.45) is 0 Å². The van der Waals surface area contributed by atoms with Crippen LogP contribution in [0.4, 0.5) is 5.69 Å². The van der Waals surface area contributed by atoms with Gasteiger partial charge in [-0.1, -0.05) is 56.3 Å². The first kappa shape index (κ1) is 18.6. The Kier molecular flexibility index (Phi) is 5.50. The van der Waals surface area contributed by atoms with Gasteiger partial charge in [-0.2, -0.15) is 0 Å². The van der Waals surface area contributed by atoms with Crippen LogP contribution in [0.5, 0.6) is 0 Å². The smallest absolute Gasteiger partial charge is 0.254 e. The van der Waals surface area contributed by atoms with Crippen molar-refractivity contribution in [3.8, 4) is 11.3 Å². The first-order valence-corrected chi connectivity index (χ1v) is 8.98. The van der Waals surface area contributed by atoms with Gasteiger partial charge in [0.25, 0.3) is 5.56 Å². The van der Waals surface area contributed by atoms with E-state index >= 15 is 0 Å². The SMILES string of the molecule is Cc1nc(-c2ccccc2)cc(=O)n1CC(=O)Nc1ccc(C(C)C)cc1. The standard InChI is InChI=1S/C22H23N3O2/c1-15(2)17-9-11-19(12-10-17)24-21(26)14-25-16(3)23-20(13-22(25)27)18-7-5-4-6-8-18/h4-13,15H,14H2,1-3H3,(H,24,26). The summed E-state index contributed by atoms with van der Waals surface area (Å²) in [5.41, 5.74) is 3.16. The molecule has 0 aliphatic carbocycles. The quantitative estimate of drug-likeness (QED) is 0.747. The summed E-state index contributed by atoms with van der Waals surface area (Å²) in [6.45, 7) is 5.90. The van der Waals surface area contributed by atoms with Gasteiger partial charge in [0, 0.05) is 17.3 Å². The number of anilines is 1. The van der Waals surface area contributed by atoms with Crippen molar-refractivity contribution in [3.05, 3.63) is 82.4 Å². The maximum Gasteiger partial charge on any atom is 0.254 e. The normalized spacial score (nSPS) is 10.8. The topological polar surface area (TPSA) is 64.0 Å². The number of benzene rings is 2. The van der Waals surface area contributed by atoms with Gasteiger partial charge in [0.1, 0.15) is 12.4 Å². The van der Waals surface area contributed by atoms with Crippen molar-refractivity contribution in [1.82, 2.24) is 9.55 Å². The molecule has 5 heteroatoms. The molecule has 138 valence electrons. The molecule has 1 amide bonds. The zero-order valence-corrected chi connectivity index (χ0v) is 15.8. The van der Waals surface area contributed by atoms with Crippen LogP contribution in [0, 0.1) is 6.92 Å². The highest BCUT2D eigenvalue weighted by atomic mass is 16.2. The van der Waals surface area contributed by atoms with Crippen LogP contribution in [0.15, 0.2) is 65.5 Å². The molecule has 0 unspecified atom stereocenters. The van der Waals surface area contributed by atoms with E-state index in [1.807, 2.05) is 54.6 Å². The zero-order chi connectivity index (χ0) is 19.4. The number of hydrogen-bond acceptors (Lipinski definition) is 3. The second kappa shape index (κ2) is 7.99. The minimum Gasteiger partial charge on any atom is -0.325 e. The number of nitrogens with one attached hydrogen (secondary N) is 1. The molecule has 0 saturated carbocycles. The van der Waals surface area contributed by atoms with Crippen LogP contribution < -0.4 is 10.9 Å². The average molecular weight is 361 g/mol. The first-order chi connectivity index (χ1) is 12.9. The van der Waals surface area contributed by atoms with Gasteiger partial charge >= 0.3 is 0 Å². The first-order valence-electron chi connectivity index (χ1n) is 8.98. The van der Waals surface area contributed by atoms with Gasteiger partial charge in [-0.05, 0) is 30.5 Å². The van der Waals surface area contributed by atoms with Crippen LogP contribution in [0.25, 0.3) is 11.3 Å². The van der Waals surface area contributed by atoms with Gasteiger partial charge in [0.15, 0.2) is 0 Å². The lowest BCUT2D eigenvalue weighted by Gasteiger charge is -2.12. The van der Waals surface area contributed by atoms with Crippen molar-refractivity contribution in [3.63, 3.8) is 0 Å². The molecule has 0 bridgehead atoms. The van der Waals surface area contributed by atoms with E-state index in [-0.39, 0.29) is 18.0 Å². The Hall–Kier alpha value is -3.21. The molecule has 0 saturated heterocycles. The van der Waals surface area contributed by atoms with Gasteiger partial charge in [-0.3, -0.25) is 14.2 Å². The molecule has 3 rings (SSSR count). The monoisotopic (exact) mass is 361 g/mol. The van der Waals surface area contributed by atoms with Crippen LogP contribution in [0.2, 0.25) is 0 Å². The Morgan fingerprint density at radius 2 is 1.74 bits per heavy atom. The molecule has 0 aliphatic rings. The number of nitrogens with zero attached hydrogens (tertiary/aromatic N) is 2. The van der Waals surface area contributed by atoms with Crippen molar-refractivity contribution in [2.45, 2.75) is 33.2 Å². The maximum atomic E-state index is 12.5. The molecule has 0 atom stereocenters. The van der Waals surface area contributed by atoms with Gasteiger partial charge in [-0.15, -0.1) is 0 Å².